The van der Waals surface area contributed by atoms with E-state index in [4.69, 9.17) is 4.74 Å². The van der Waals surface area contributed by atoms with Gasteiger partial charge in [0, 0.05) is 39.0 Å². The van der Waals surface area contributed by atoms with Crippen LogP contribution in [0.1, 0.15) is 24.0 Å². The van der Waals surface area contributed by atoms with Crippen LogP contribution in [0.4, 0.5) is 5.69 Å². The summed E-state index contributed by atoms with van der Waals surface area (Å²) in [5, 5.41) is 3.43. The molecule has 1 aromatic rings. The highest BCUT2D eigenvalue weighted by atomic mass is 16.5. The monoisotopic (exact) mass is 248 g/mol. The van der Waals surface area contributed by atoms with Crippen LogP contribution in [0.5, 0.6) is 0 Å². The fraction of sp³-hybridized carbons (Fsp3) is 0.600. The van der Waals surface area contributed by atoms with Crippen LogP contribution in [0.15, 0.2) is 18.2 Å². The van der Waals surface area contributed by atoms with Crippen LogP contribution in [0.3, 0.4) is 0 Å². The lowest BCUT2D eigenvalue weighted by atomic mass is 10.1. The number of nitrogens with zero attached hydrogens (tertiary/aromatic N) is 1. The van der Waals surface area contributed by atoms with E-state index < -0.39 is 0 Å². The van der Waals surface area contributed by atoms with Crippen molar-refractivity contribution in [3.8, 4) is 0 Å². The molecule has 18 heavy (non-hydrogen) atoms. The van der Waals surface area contributed by atoms with Crippen LogP contribution in [-0.4, -0.2) is 33.4 Å². The minimum absolute atomic E-state index is 0.755. The second-order valence-corrected chi connectivity index (χ2v) is 5.14. The summed E-state index contributed by atoms with van der Waals surface area (Å²) in [6.07, 6.45) is 2.67. The lowest BCUT2D eigenvalue weighted by Gasteiger charge is -2.23. The molecule has 0 atom stereocenters. The number of benzene rings is 1. The number of hydrogen-bond donors (Lipinski definition) is 1. The quantitative estimate of drug-likeness (QED) is 0.750. The number of anilines is 1. The average molecular weight is 248 g/mol. The minimum Gasteiger partial charge on any atom is -0.383 e. The van der Waals surface area contributed by atoms with Gasteiger partial charge >= 0.3 is 0 Å². The van der Waals surface area contributed by atoms with Crippen LogP contribution in [0.2, 0.25) is 0 Å². The van der Waals surface area contributed by atoms with E-state index in [9.17, 15) is 0 Å². The largest absolute Gasteiger partial charge is 0.383 e. The zero-order valence-electron chi connectivity index (χ0n) is 11.7. The Kier molecular flexibility index (Phi) is 4.61. The number of hydrogen-bond acceptors (Lipinski definition) is 3. The third kappa shape index (κ3) is 3.47. The van der Waals surface area contributed by atoms with E-state index in [1.807, 2.05) is 0 Å². The first-order chi connectivity index (χ1) is 8.72. The van der Waals surface area contributed by atoms with Crippen LogP contribution in [-0.2, 0) is 11.3 Å². The Bertz CT molecular complexity index is 388. The van der Waals surface area contributed by atoms with E-state index in [1.54, 1.807) is 7.11 Å². The Morgan fingerprint density at radius 1 is 1.39 bits per heavy atom. The summed E-state index contributed by atoms with van der Waals surface area (Å²) in [6, 6.07) is 7.49. The van der Waals surface area contributed by atoms with Gasteiger partial charge in [-0.2, -0.15) is 0 Å². The molecule has 1 aliphatic rings. The van der Waals surface area contributed by atoms with Gasteiger partial charge in [0.2, 0.25) is 0 Å². The van der Waals surface area contributed by atoms with E-state index >= 15 is 0 Å². The summed E-state index contributed by atoms with van der Waals surface area (Å²) in [5.41, 5.74) is 4.08. The Labute approximate surface area is 110 Å². The Morgan fingerprint density at radius 2 is 2.17 bits per heavy atom. The smallest absolute Gasteiger partial charge is 0.0587 e. The van der Waals surface area contributed by atoms with Gasteiger partial charge in [-0.1, -0.05) is 17.7 Å². The lowest BCUT2D eigenvalue weighted by Crippen LogP contribution is -2.24. The molecule has 3 nitrogen and oxygen atoms in total. The highest BCUT2D eigenvalue weighted by Crippen LogP contribution is 2.32. The predicted octanol–water partition coefficient (Wildman–Crippen LogP) is 2.33. The van der Waals surface area contributed by atoms with Crippen molar-refractivity contribution in [2.24, 2.45) is 0 Å². The fourth-order valence-corrected chi connectivity index (χ4v) is 2.26. The van der Waals surface area contributed by atoms with Crippen molar-refractivity contribution in [1.29, 1.82) is 0 Å². The van der Waals surface area contributed by atoms with E-state index in [0.717, 1.165) is 25.7 Å². The molecular formula is C15H24N2O. The molecule has 0 bridgehead atoms. The summed E-state index contributed by atoms with van der Waals surface area (Å²) >= 11 is 0. The zero-order chi connectivity index (χ0) is 13.0. The van der Waals surface area contributed by atoms with Crippen molar-refractivity contribution in [2.75, 3.05) is 32.2 Å². The molecule has 1 N–H and O–H groups in total. The van der Waals surface area contributed by atoms with E-state index in [2.05, 4.69) is 42.4 Å². The number of ether oxygens (including phenoxy) is 1. The maximum Gasteiger partial charge on any atom is 0.0587 e. The van der Waals surface area contributed by atoms with Gasteiger partial charge in [-0.05, 0) is 31.4 Å². The second-order valence-electron chi connectivity index (χ2n) is 5.14. The Hall–Kier alpha value is -1.06. The SMILES string of the molecule is COCCNCc1cc(C)ccc1N(C)C1CC1. The number of rotatable bonds is 7. The molecule has 0 saturated heterocycles. The minimum atomic E-state index is 0.755. The first-order valence-electron chi connectivity index (χ1n) is 6.74. The molecule has 0 heterocycles. The number of nitrogens with one attached hydrogen (secondary N) is 1. The molecule has 0 radical (unpaired) electrons. The highest BCUT2D eigenvalue weighted by Gasteiger charge is 2.27. The highest BCUT2D eigenvalue weighted by molar-refractivity contribution is 5.56. The van der Waals surface area contributed by atoms with Crippen LogP contribution < -0.4 is 10.2 Å². The first-order valence-corrected chi connectivity index (χ1v) is 6.74. The first kappa shape index (κ1) is 13.4. The summed E-state index contributed by atoms with van der Waals surface area (Å²) in [4.78, 5) is 2.42. The number of aryl methyl sites for hydroxylation is 1. The summed E-state index contributed by atoms with van der Waals surface area (Å²) in [6.45, 7) is 4.73. The summed E-state index contributed by atoms with van der Waals surface area (Å²) in [5.74, 6) is 0. The van der Waals surface area contributed by atoms with Crippen molar-refractivity contribution in [2.45, 2.75) is 32.4 Å². The molecule has 0 amide bonds. The van der Waals surface area contributed by atoms with E-state index in [1.165, 1.54) is 29.7 Å². The second kappa shape index (κ2) is 6.21. The molecule has 3 heteroatoms. The van der Waals surface area contributed by atoms with Crippen molar-refractivity contribution < 1.29 is 4.74 Å². The normalized spacial score (nSPS) is 14.8. The van der Waals surface area contributed by atoms with Crippen LogP contribution in [0, 0.1) is 6.92 Å². The molecule has 1 aliphatic carbocycles. The Balaban J connectivity index is 2.03. The molecule has 0 aromatic heterocycles. The van der Waals surface area contributed by atoms with Crippen LogP contribution >= 0.6 is 0 Å². The maximum absolute atomic E-state index is 5.06. The van der Waals surface area contributed by atoms with Crippen molar-refractivity contribution in [1.82, 2.24) is 5.32 Å². The zero-order valence-corrected chi connectivity index (χ0v) is 11.7. The van der Waals surface area contributed by atoms with Gasteiger partial charge < -0.3 is 15.0 Å². The molecule has 1 aromatic carbocycles. The molecule has 2 rings (SSSR count). The molecule has 100 valence electrons. The topological polar surface area (TPSA) is 24.5 Å². The molecule has 1 saturated carbocycles. The van der Waals surface area contributed by atoms with Crippen LogP contribution in [0.25, 0.3) is 0 Å². The fourth-order valence-electron chi connectivity index (χ4n) is 2.26. The van der Waals surface area contributed by atoms with Crippen molar-refractivity contribution in [3.05, 3.63) is 29.3 Å². The third-order valence-corrected chi connectivity index (χ3v) is 3.51. The van der Waals surface area contributed by atoms with Gasteiger partial charge in [-0.25, -0.2) is 0 Å². The molecule has 0 aliphatic heterocycles. The Morgan fingerprint density at radius 3 is 2.83 bits per heavy atom. The van der Waals surface area contributed by atoms with E-state index in [0.29, 0.717) is 0 Å². The van der Waals surface area contributed by atoms with Crippen molar-refractivity contribution >= 4 is 5.69 Å². The molecule has 0 unspecified atom stereocenters. The van der Waals surface area contributed by atoms with Gasteiger partial charge in [0.05, 0.1) is 6.61 Å². The van der Waals surface area contributed by atoms with Crippen molar-refractivity contribution in [3.63, 3.8) is 0 Å². The van der Waals surface area contributed by atoms with Gasteiger partial charge in [0.25, 0.3) is 0 Å². The molecule has 0 spiro atoms. The summed E-state index contributed by atoms with van der Waals surface area (Å²) < 4.78 is 5.06. The standard InChI is InChI=1S/C15H24N2O/c1-12-4-7-15(17(2)14-5-6-14)13(10-12)11-16-8-9-18-3/h4,7,10,14,16H,5-6,8-9,11H2,1-3H3. The summed E-state index contributed by atoms with van der Waals surface area (Å²) in [7, 11) is 3.95. The lowest BCUT2D eigenvalue weighted by molar-refractivity contribution is 0.199. The van der Waals surface area contributed by atoms with Gasteiger partial charge in [0.1, 0.15) is 0 Å². The molecular weight excluding hydrogens is 224 g/mol. The predicted molar refractivity (Wildman–Crippen MR) is 76.2 cm³/mol. The molecule has 1 fully saturated rings. The number of methoxy groups -OCH3 is 1. The third-order valence-electron chi connectivity index (χ3n) is 3.51. The van der Waals surface area contributed by atoms with Gasteiger partial charge in [-0.15, -0.1) is 0 Å². The van der Waals surface area contributed by atoms with Gasteiger partial charge in [0.15, 0.2) is 0 Å². The maximum atomic E-state index is 5.06. The van der Waals surface area contributed by atoms with E-state index in [-0.39, 0.29) is 0 Å². The van der Waals surface area contributed by atoms with Gasteiger partial charge in [-0.3, -0.25) is 0 Å². The average Bonchev–Trinajstić information content (AvgIpc) is 3.18.